The highest BCUT2D eigenvalue weighted by molar-refractivity contribution is 5.89. The number of hydrogen-bond acceptors (Lipinski definition) is 9. The van der Waals surface area contributed by atoms with Crippen molar-refractivity contribution in [3.63, 3.8) is 0 Å². The average molecular weight is 461 g/mol. The van der Waals surface area contributed by atoms with Gasteiger partial charge in [0.05, 0.1) is 0 Å². The quantitative estimate of drug-likeness (QED) is 0.368. The molecule has 0 aromatic carbocycles. The Bertz CT molecular complexity index is 1040. The molecule has 178 valence electrons. The number of nitrogens with zero attached hydrogens (tertiary/aromatic N) is 7. The summed E-state index contributed by atoms with van der Waals surface area (Å²) in [6.07, 6.45) is 7.68. The van der Waals surface area contributed by atoms with E-state index in [1.54, 1.807) is 12.4 Å². The molecule has 3 heterocycles. The fourth-order valence-electron chi connectivity index (χ4n) is 3.04. The molecule has 2 aromatic rings. The molecule has 0 amide bonds. The lowest BCUT2D eigenvalue weighted by Gasteiger charge is -2.34. The van der Waals surface area contributed by atoms with E-state index in [1.807, 2.05) is 6.07 Å². The summed E-state index contributed by atoms with van der Waals surface area (Å²) in [6.45, 7) is 5.33. The molecule has 3 rings (SSSR count). The van der Waals surface area contributed by atoms with Crippen LogP contribution in [0.15, 0.2) is 46.4 Å². The van der Waals surface area contributed by atoms with Crippen molar-refractivity contribution >= 4 is 17.9 Å². The molecule has 13 heteroatoms. The van der Waals surface area contributed by atoms with E-state index >= 15 is 0 Å². The van der Waals surface area contributed by atoms with E-state index in [0.29, 0.717) is 18.7 Å². The van der Waals surface area contributed by atoms with Crippen molar-refractivity contribution in [3.8, 4) is 0 Å². The minimum absolute atomic E-state index is 0.357. The molecule has 0 aliphatic carbocycles. The Morgan fingerprint density at radius 1 is 0.970 bits per heavy atom. The second-order valence-electron chi connectivity index (χ2n) is 7.14. The maximum atomic E-state index is 11.9. The topological polar surface area (TPSA) is 164 Å². The zero-order valence-corrected chi connectivity index (χ0v) is 18.3. The Labute approximate surface area is 189 Å². The van der Waals surface area contributed by atoms with Gasteiger partial charge in [0.25, 0.3) is 5.56 Å². The summed E-state index contributed by atoms with van der Waals surface area (Å²) in [6, 6.07) is 1.82. The van der Waals surface area contributed by atoms with Gasteiger partial charge in [-0.05, 0) is 25.5 Å². The minimum atomic E-state index is -1.26. The molecular formula is C20H27N7O6. The van der Waals surface area contributed by atoms with Gasteiger partial charge in [-0.25, -0.2) is 29.0 Å². The van der Waals surface area contributed by atoms with Crippen molar-refractivity contribution in [2.24, 2.45) is 7.05 Å². The predicted octanol–water partition coefficient (Wildman–Crippen LogP) is -0.954. The standard InChI is InChI=1S/C16H23N7O2.C4H4O4/c1-20-14(24)13-19-23(16(20)25)8-3-2-7-21-9-11-22(12-10-21)15-17-5-4-6-18-15;5-3(6)1-2-4(7)8/h4-6,13H,2-3,7-12H2,1H3;1-2H,(H,5,6)(H,7,8). The molecule has 1 aliphatic heterocycles. The highest BCUT2D eigenvalue weighted by Crippen LogP contribution is 2.10. The van der Waals surface area contributed by atoms with Gasteiger partial charge in [-0.1, -0.05) is 0 Å². The van der Waals surface area contributed by atoms with Crippen molar-refractivity contribution in [1.29, 1.82) is 0 Å². The Hall–Kier alpha value is -3.87. The number of carbonyl (C=O) groups is 2. The summed E-state index contributed by atoms with van der Waals surface area (Å²) in [5.74, 6) is -1.72. The van der Waals surface area contributed by atoms with Crippen molar-refractivity contribution in [2.45, 2.75) is 19.4 Å². The zero-order valence-electron chi connectivity index (χ0n) is 18.3. The Morgan fingerprint density at radius 3 is 2.12 bits per heavy atom. The van der Waals surface area contributed by atoms with Crippen LogP contribution in [-0.4, -0.2) is 84.1 Å². The highest BCUT2D eigenvalue weighted by Gasteiger charge is 2.18. The number of aliphatic carboxylic acids is 2. The molecule has 0 bridgehead atoms. The SMILES string of the molecule is Cn1c(=O)cnn(CCCCN2CCN(c3ncccn3)CC2)c1=O.O=C(O)C=CC(=O)O. The van der Waals surface area contributed by atoms with Gasteiger partial charge in [0.1, 0.15) is 6.20 Å². The summed E-state index contributed by atoms with van der Waals surface area (Å²) in [5, 5.41) is 19.5. The van der Waals surface area contributed by atoms with Crippen molar-refractivity contribution in [1.82, 2.24) is 29.2 Å². The van der Waals surface area contributed by atoms with E-state index in [9.17, 15) is 19.2 Å². The molecule has 1 saturated heterocycles. The fraction of sp³-hybridized carbons (Fsp3) is 0.450. The molecule has 2 aromatic heterocycles. The van der Waals surface area contributed by atoms with Gasteiger partial charge in [-0.2, -0.15) is 5.10 Å². The highest BCUT2D eigenvalue weighted by atomic mass is 16.4. The van der Waals surface area contributed by atoms with Gasteiger partial charge in [0.2, 0.25) is 5.95 Å². The number of anilines is 1. The smallest absolute Gasteiger partial charge is 0.347 e. The first-order valence-electron chi connectivity index (χ1n) is 10.3. The lowest BCUT2D eigenvalue weighted by atomic mass is 10.2. The summed E-state index contributed by atoms with van der Waals surface area (Å²) in [7, 11) is 1.47. The third kappa shape index (κ3) is 8.65. The first-order valence-corrected chi connectivity index (χ1v) is 10.3. The van der Waals surface area contributed by atoms with Crippen LogP contribution in [0.4, 0.5) is 5.95 Å². The third-order valence-corrected chi connectivity index (χ3v) is 4.82. The summed E-state index contributed by atoms with van der Waals surface area (Å²) in [4.78, 5) is 55.5. The molecule has 33 heavy (non-hydrogen) atoms. The van der Waals surface area contributed by atoms with Crippen LogP contribution >= 0.6 is 0 Å². The van der Waals surface area contributed by atoms with Crippen LogP contribution in [-0.2, 0) is 23.2 Å². The van der Waals surface area contributed by atoms with E-state index in [0.717, 1.165) is 56.1 Å². The second kappa shape index (κ2) is 12.9. The molecule has 1 fully saturated rings. The number of hydrogen-bond donors (Lipinski definition) is 2. The molecule has 1 aliphatic rings. The van der Waals surface area contributed by atoms with Crippen molar-refractivity contribution in [2.75, 3.05) is 37.6 Å². The van der Waals surface area contributed by atoms with E-state index in [4.69, 9.17) is 10.2 Å². The van der Waals surface area contributed by atoms with Gasteiger partial charge in [0.15, 0.2) is 0 Å². The minimum Gasteiger partial charge on any atom is -0.478 e. The average Bonchev–Trinajstić information content (AvgIpc) is 2.81. The number of carboxylic acid groups (broad SMARTS) is 2. The van der Waals surface area contributed by atoms with E-state index < -0.39 is 11.9 Å². The van der Waals surface area contributed by atoms with Crippen LogP contribution in [0.1, 0.15) is 12.8 Å². The van der Waals surface area contributed by atoms with Crippen LogP contribution in [0.5, 0.6) is 0 Å². The molecule has 0 spiro atoms. The summed E-state index contributed by atoms with van der Waals surface area (Å²) in [5.41, 5.74) is -0.731. The molecule has 2 N–H and O–H groups in total. The Kier molecular flexibility index (Phi) is 9.89. The van der Waals surface area contributed by atoms with Crippen LogP contribution in [0.2, 0.25) is 0 Å². The van der Waals surface area contributed by atoms with Gasteiger partial charge in [0, 0.05) is 64.3 Å². The third-order valence-electron chi connectivity index (χ3n) is 4.82. The fourth-order valence-corrected chi connectivity index (χ4v) is 3.04. The van der Waals surface area contributed by atoms with Crippen LogP contribution < -0.4 is 16.1 Å². The van der Waals surface area contributed by atoms with Crippen LogP contribution in [0.25, 0.3) is 0 Å². The van der Waals surface area contributed by atoms with E-state index in [-0.39, 0.29) is 11.2 Å². The van der Waals surface area contributed by atoms with E-state index in [2.05, 4.69) is 24.9 Å². The van der Waals surface area contributed by atoms with E-state index in [1.165, 1.54) is 17.9 Å². The number of rotatable bonds is 8. The maximum absolute atomic E-state index is 11.9. The maximum Gasteiger partial charge on any atom is 0.347 e. The molecular weight excluding hydrogens is 434 g/mol. The largest absolute Gasteiger partial charge is 0.478 e. The molecule has 13 nitrogen and oxygen atoms in total. The Balaban J connectivity index is 0.000000414. The Morgan fingerprint density at radius 2 is 1.55 bits per heavy atom. The van der Waals surface area contributed by atoms with Gasteiger partial charge in [-0.15, -0.1) is 0 Å². The lowest BCUT2D eigenvalue weighted by Crippen LogP contribution is -2.47. The number of piperazine rings is 1. The first-order chi connectivity index (χ1) is 15.8. The zero-order chi connectivity index (χ0) is 24.2. The lowest BCUT2D eigenvalue weighted by molar-refractivity contribution is -0.134. The number of carboxylic acids is 2. The number of aryl methyl sites for hydroxylation is 1. The normalized spacial score (nSPS) is 14.0. The monoisotopic (exact) mass is 461 g/mol. The van der Waals surface area contributed by atoms with Gasteiger partial charge < -0.3 is 15.1 Å². The molecule has 0 saturated carbocycles. The second-order valence-corrected chi connectivity index (χ2v) is 7.14. The first kappa shape index (κ1) is 25.4. The summed E-state index contributed by atoms with van der Waals surface area (Å²) >= 11 is 0. The molecule has 0 radical (unpaired) electrons. The summed E-state index contributed by atoms with van der Waals surface area (Å²) < 4.78 is 2.43. The van der Waals surface area contributed by atoms with Crippen LogP contribution in [0, 0.1) is 0 Å². The number of aromatic nitrogens is 5. The van der Waals surface area contributed by atoms with Gasteiger partial charge in [-0.3, -0.25) is 14.3 Å². The predicted molar refractivity (Wildman–Crippen MR) is 118 cm³/mol. The van der Waals surface area contributed by atoms with Gasteiger partial charge >= 0.3 is 17.6 Å². The van der Waals surface area contributed by atoms with Crippen molar-refractivity contribution in [3.05, 3.63) is 57.6 Å². The molecule has 0 unspecified atom stereocenters. The van der Waals surface area contributed by atoms with Crippen LogP contribution in [0.3, 0.4) is 0 Å². The number of unbranched alkanes of at least 4 members (excludes halogenated alkanes) is 1. The van der Waals surface area contributed by atoms with Crippen molar-refractivity contribution < 1.29 is 19.8 Å². The molecule has 0 atom stereocenters.